The molecule has 2 N–H and O–H groups in total. The maximum atomic E-state index is 11.0. The standard InChI is InChI=1S/C10H12N2O6/c1-5-3-6(12(16)17)4-11-7(5)8(13)9(14)10(15)18-2/h3-4,8-9,13-14H,1-2H3. The van der Waals surface area contributed by atoms with Crippen LogP contribution >= 0.6 is 0 Å². The van der Waals surface area contributed by atoms with Crippen LogP contribution in [0.1, 0.15) is 17.4 Å². The fourth-order valence-corrected chi connectivity index (χ4v) is 1.38. The number of aromatic nitrogens is 1. The highest BCUT2D eigenvalue weighted by atomic mass is 16.6. The number of pyridine rings is 1. The number of nitro groups is 1. The summed E-state index contributed by atoms with van der Waals surface area (Å²) in [5, 5.41) is 29.7. The Morgan fingerprint density at radius 1 is 1.56 bits per heavy atom. The van der Waals surface area contributed by atoms with Crippen LogP contribution in [-0.4, -0.2) is 39.3 Å². The molecule has 18 heavy (non-hydrogen) atoms. The molecule has 0 spiro atoms. The van der Waals surface area contributed by atoms with E-state index in [0.29, 0.717) is 5.56 Å². The molecule has 2 unspecified atom stereocenters. The van der Waals surface area contributed by atoms with Crippen molar-refractivity contribution < 1.29 is 24.7 Å². The summed E-state index contributed by atoms with van der Waals surface area (Å²) in [7, 11) is 1.06. The number of aliphatic hydroxyl groups is 2. The summed E-state index contributed by atoms with van der Waals surface area (Å²) in [5.74, 6) is -1.01. The molecule has 0 aliphatic heterocycles. The summed E-state index contributed by atoms with van der Waals surface area (Å²) in [4.78, 5) is 24.6. The maximum Gasteiger partial charge on any atom is 0.337 e. The zero-order chi connectivity index (χ0) is 13.9. The number of carbonyl (C=O) groups is 1. The van der Waals surface area contributed by atoms with E-state index in [-0.39, 0.29) is 11.4 Å². The first-order valence-electron chi connectivity index (χ1n) is 4.93. The number of nitrogens with zero attached hydrogens (tertiary/aromatic N) is 2. The van der Waals surface area contributed by atoms with E-state index in [1.54, 1.807) is 0 Å². The predicted molar refractivity (Wildman–Crippen MR) is 58.6 cm³/mol. The van der Waals surface area contributed by atoms with Crippen molar-refractivity contribution >= 4 is 11.7 Å². The fraction of sp³-hybridized carbons (Fsp3) is 0.400. The average molecular weight is 256 g/mol. The molecule has 0 aliphatic carbocycles. The molecular formula is C10H12N2O6. The van der Waals surface area contributed by atoms with Gasteiger partial charge in [0, 0.05) is 6.07 Å². The molecule has 1 heterocycles. The number of carbonyl (C=O) groups excluding carboxylic acids is 1. The third kappa shape index (κ3) is 2.79. The monoisotopic (exact) mass is 256 g/mol. The van der Waals surface area contributed by atoms with Crippen LogP contribution in [-0.2, 0) is 9.53 Å². The van der Waals surface area contributed by atoms with Gasteiger partial charge in [-0.15, -0.1) is 0 Å². The van der Waals surface area contributed by atoms with Crippen LogP contribution < -0.4 is 0 Å². The number of methoxy groups -OCH3 is 1. The van der Waals surface area contributed by atoms with Gasteiger partial charge in [-0.05, 0) is 12.5 Å². The zero-order valence-electron chi connectivity index (χ0n) is 9.73. The van der Waals surface area contributed by atoms with Gasteiger partial charge in [-0.2, -0.15) is 0 Å². The Kier molecular flexibility index (Phi) is 4.29. The van der Waals surface area contributed by atoms with Gasteiger partial charge in [-0.25, -0.2) is 4.79 Å². The van der Waals surface area contributed by atoms with Gasteiger partial charge in [0.25, 0.3) is 5.69 Å². The van der Waals surface area contributed by atoms with E-state index >= 15 is 0 Å². The lowest BCUT2D eigenvalue weighted by molar-refractivity contribution is -0.385. The number of esters is 1. The zero-order valence-corrected chi connectivity index (χ0v) is 9.73. The summed E-state index contributed by atoms with van der Waals surface area (Å²) in [6.07, 6.45) is -2.45. The Morgan fingerprint density at radius 2 is 2.17 bits per heavy atom. The Morgan fingerprint density at radius 3 is 2.61 bits per heavy atom. The van der Waals surface area contributed by atoms with E-state index < -0.39 is 23.1 Å². The maximum absolute atomic E-state index is 11.0. The molecule has 0 aliphatic rings. The van der Waals surface area contributed by atoms with E-state index in [9.17, 15) is 25.1 Å². The molecule has 1 rings (SSSR count). The lowest BCUT2D eigenvalue weighted by Crippen LogP contribution is -2.30. The molecule has 0 aromatic carbocycles. The first-order chi connectivity index (χ1) is 8.38. The predicted octanol–water partition coefficient (Wildman–Crippen LogP) is -0.134. The lowest BCUT2D eigenvalue weighted by Gasteiger charge is -2.16. The van der Waals surface area contributed by atoms with Crippen molar-refractivity contribution in [3.05, 3.63) is 33.6 Å². The van der Waals surface area contributed by atoms with Crippen molar-refractivity contribution in [2.75, 3.05) is 7.11 Å². The topological polar surface area (TPSA) is 123 Å². The van der Waals surface area contributed by atoms with Crippen molar-refractivity contribution in [1.29, 1.82) is 0 Å². The molecule has 0 radical (unpaired) electrons. The smallest absolute Gasteiger partial charge is 0.337 e. The molecule has 0 bridgehead atoms. The Hall–Kier alpha value is -2.06. The number of rotatable bonds is 4. The van der Waals surface area contributed by atoms with Gasteiger partial charge in [0.1, 0.15) is 12.3 Å². The molecule has 1 aromatic rings. The number of hydrogen-bond acceptors (Lipinski definition) is 7. The Balaban J connectivity index is 3.03. The van der Waals surface area contributed by atoms with Crippen LogP contribution in [0.25, 0.3) is 0 Å². The second-order valence-electron chi connectivity index (χ2n) is 3.57. The minimum Gasteiger partial charge on any atom is -0.467 e. The Labute approximate surface area is 102 Å². The first-order valence-corrected chi connectivity index (χ1v) is 4.93. The van der Waals surface area contributed by atoms with Crippen LogP contribution in [0.15, 0.2) is 12.3 Å². The summed E-state index contributed by atoms with van der Waals surface area (Å²) in [6.45, 7) is 1.47. The molecule has 0 saturated heterocycles. The second kappa shape index (κ2) is 5.52. The summed E-state index contributed by atoms with van der Waals surface area (Å²) in [6, 6.07) is 1.19. The SMILES string of the molecule is COC(=O)C(O)C(O)c1ncc([N+](=O)[O-])cc1C. The second-order valence-corrected chi connectivity index (χ2v) is 3.57. The van der Waals surface area contributed by atoms with Crippen molar-refractivity contribution in [3.63, 3.8) is 0 Å². The van der Waals surface area contributed by atoms with Crippen LogP contribution in [0.5, 0.6) is 0 Å². The van der Waals surface area contributed by atoms with E-state index in [4.69, 9.17) is 0 Å². The van der Waals surface area contributed by atoms with Gasteiger partial charge in [0.15, 0.2) is 6.10 Å². The third-order valence-corrected chi connectivity index (χ3v) is 2.34. The summed E-state index contributed by atoms with van der Waals surface area (Å²) >= 11 is 0. The van der Waals surface area contributed by atoms with E-state index in [1.165, 1.54) is 13.0 Å². The van der Waals surface area contributed by atoms with Gasteiger partial charge in [0.05, 0.1) is 17.7 Å². The van der Waals surface area contributed by atoms with E-state index in [0.717, 1.165) is 13.3 Å². The molecular weight excluding hydrogens is 244 g/mol. The van der Waals surface area contributed by atoms with Crippen molar-refractivity contribution in [1.82, 2.24) is 4.98 Å². The molecule has 8 heteroatoms. The van der Waals surface area contributed by atoms with Gasteiger partial charge >= 0.3 is 5.97 Å². The summed E-state index contributed by atoms with van der Waals surface area (Å²) in [5.41, 5.74) is 0.0363. The molecule has 0 amide bonds. The van der Waals surface area contributed by atoms with Gasteiger partial charge in [0.2, 0.25) is 0 Å². The minimum absolute atomic E-state index is 0.0153. The molecule has 98 valence electrons. The molecule has 2 atom stereocenters. The van der Waals surface area contributed by atoms with Gasteiger partial charge in [-0.3, -0.25) is 15.1 Å². The number of aryl methyl sites for hydroxylation is 1. The van der Waals surface area contributed by atoms with E-state index in [2.05, 4.69) is 9.72 Å². The number of ether oxygens (including phenoxy) is 1. The molecule has 8 nitrogen and oxygen atoms in total. The minimum atomic E-state index is -1.79. The molecule has 0 fully saturated rings. The largest absolute Gasteiger partial charge is 0.467 e. The highest BCUT2D eigenvalue weighted by Crippen LogP contribution is 2.22. The van der Waals surface area contributed by atoms with Crippen molar-refractivity contribution in [2.45, 2.75) is 19.1 Å². The van der Waals surface area contributed by atoms with Crippen LogP contribution in [0, 0.1) is 17.0 Å². The van der Waals surface area contributed by atoms with Gasteiger partial charge < -0.3 is 14.9 Å². The quantitative estimate of drug-likeness (QED) is 0.436. The fourth-order valence-electron chi connectivity index (χ4n) is 1.38. The lowest BCUT2D eigenvalue weighted by atomic mass is 10.1. The van der Waals surface area contributed by atoms with Crippen molar-refractivity contribution in [2.24, 2.45) is 0 Å². The van der Waals surface area contributed by atoms with Crippen LogP contribution in [0.4, 0.5) is 5.69 Å². The van der Waals surface area contributed by atoms with Gasteiger partial charge in [-0.1, -0.05) is 0 Å². The first kappa shape index (κ1) is 14.0. The number of aliphatic hydroxyl groups excluding tert-OH is 2. The highest BCUT2D eigenvalue weighted by molar-refractivity contribution is 5.75. The summed E-state index contributed by atoms with van der Waals surface area (Å²) < 4.78 is 4.27. The number of hydrogen-bond donors (Lipinski definition) is 2. The average Bonchev–Trinajstić information content (AvgIpc) is 2.35. The molecule has 0 saturated carbocycles. The van der Waals surface area contributed by atoms with Crippen LogP contribution in [0.2, 0.25) is 0 Å². The third-order valence-electron chi connectivity index (χ3n) is 2.34. The van der Waals surface area contributed by atoms with E-state index in [1.807, 2.05) is 0 Å². The van der Waals surface area contributed by atoms with Crippen LogP contribution in [0.3, 0.4) is 0 Å². The molecule has 1 aromatic heterocycles. The highest BCUT2D eigenvalue weighted by Gasteiger charge is 2.29. The Bertz CT molecular complexity index is 475. The van der Waals surface area contributed by atoms with Crippen molar-refractivity contribution in [3.8, 4) is 0 Å². The normalized spacial score (nSPS) is 13.8.